The molecule has 2 atom stereocenters. The third kappa shape index (κ3) is 8.24. The lowest BCUT2D eigenvalue weighted by atomic mass is 9.91. The molecular formula is C23H31N3O4. The molecule has 0 aliphatic carbocycles. The Kier molecular flexibility index (Phi) is 8.40. The van der Waals surface area contributed by atoms with Gasteiger partial charge in [0, 0.05) is 30.3 Å². The molecule has 0 saturated carbocycles. The average molecular weight is 414 g/mol. The quantitative estimate of drug-likeness (QED) is 0.637. The number of carbonyl (C=O) groups is 3. The lowest BCUT2D eigenvalue weighted by Crippen LogP contribution is -2.48. The molecule has 7 heteroatoms. The molecule has 1 aliphatic heterocycles. The van der Waals surface area contributed by atoms with Crippen LogP contribution in [0.3, 0.4) is 0 Å². The van der Waals surface area contributed by atoms with Crippen molar-refractivity contribution in [1.82, 2.24) is 15.2 Å². The smallest absolute Gasteiger partial charge is 0.306 e. The van der Waals surface area contributed by atoms with Crippen LogP contribution < -0.4 is 5.32 Å². The Morgan fingerprint density at radius 1 is 1.33 bits per heavy atom. The van der Waals surface area contributed by atoms with Crippen molar-refractivity contribution in [2.24, 2.45) is 11.3 Å². The van der Waals surface area contributed by atoms with Crippen LogP contribution in [0.15, 0.2) is 24.5 Å². The normalized spacial score (nSPS) is 17.6. The first-order chi connectivity index (χ1) is 14.1. The van der Waals surface area contributed by atoms with E-state index in [1.807, 2.05) is 32.9 Å². The zero-order valence-corrected chi connectivity index (χ0v) is 18.0. The molecule has 1 aromatic rings. The first-order valence-electron chi connectivity index (χ1n) is 10.4. The van der Waals surface area contributed by atoms with E-state index in [2.05, 4.69) is 22.1 Å². The molecule has 1 aliphatic rings. The van der Waals surface area contributed by atoms with Crippen LogP contribution >= 0.6 is 0 Å². The van der Waals surface area contributed by atoms with Crippen molar-refractivity contribution in [2.45, 2.75) is 58.9 Å². The third-order valence-electron chi connectivity index (χ3n) is 4.84. The van der Waals surface area contributed by atoms with Gasteiger partial charge in [-0.25, -0.2) is 0 Å². The number of carboxylic acids is 1. The number of rotatable bonds is 8. The maximum absolute atomic E-state index is 12.8. The number of aryl methyl sites for hydroxylation is 1. The molecule has 1 saturated heterocycles. The summed E-state index contributed by atoms with van der Waals surface area (Å²) in [6, 6.07) is 3.11. The molecule has 162 valence electrons. The summed E-state index contributed by atoms with van der Waals surface area (Å²) in [5.74, 6) is 4.29. The topological polar surface area (TPSA) is 99.6 Å². The summed E-state index contributed by atoms with van der Waals surface area (Å²) in [5, 5.41) is 11.8. The Labute approximate surface area is 178 Å². The maximum atomic E-state index is 12.8. The van der Waals surface area contributed by atoms with Crippen molar-refractivity contribution in [3.63, 3.8) is 0 Å². The van der Waals surface area contributed by atoms with E-state index >= 15 is 0 Å². The Morgan fingerprint density at radius 3 is 2.67 bits per heavy atom. The van der Waals surface area contributed by atoms with Crippen molar-refractivity contribution >= 4 is 17.8 Å². The fourth-order valence-electron chi connectivity index (χ4n) is 3.37. The number of nitrogens with one attached hydrogen (secondary N) is 1. The molecule has 2 rings (SSSR count). The molecule has 2 N–H and O–H groups in total. The summed E-state index contributed by atoms with van der Waals surface area (Å²) in [4.78, 5) is 42.0. The third-order valence-corrected chi connectivity index (χ3v) is 4.84. The first-order valence-corrected chi connectivity index (χ1v) is 10.4. The number of amides is 2. The Balaban J connectivity index is 1.92. The molecule has 2 amide bonds. The van der Waals surface area contributed by atoms with Gasteiger partial charge in [-0.3, -0.25) is 19.4 Å². The molecule has 7 nitrogen and oxygen atoms in total. The maximum Gasteiger partial charge on any atom is 0.306 e. The van der Waals surface area contributed by atoms with Gasteiger partial charge in [-0.05, 0) is 64.2 Å². The number of piperidine rings is 1. The molecule has 0 spiro atoms. The van der Waals surface area contributed by atoms with Gasteiger partial charge in [-0.2, -0.15) is 0 Å². The zero-order valence-electron chi connectivity index (χ0n) is 18.0. The molecule has 1 aromatic heterocycles. The molecule has 0 aromatic carbocycles. The Morgan fingerprint density at radius 2 is 2.03 bits per heavy atom. The van der Waals surface area contributed by atoms with Crippen LogP contribution in [0.1, 0.15) is 52.0 Å². The second-order valence-electron chi connectivity index (χ2n) is 8.73. The fraction of sp³-hybridized carbons (Fsp3) is 0.565. The van der Waals surface area contributed by atoms with Crippen LogP contribution in [-0.4, -0.2) is 51.9 Å². The molecular weight excluding hydrogens is 382 g/mol. The number of pyridine rings is 1. The number of likely N-dealkylation sites (tertiary alicyclic amines) is 1. The van der Waals surface area contributed by atoms with Gasteiger partial charge in [0.25, 0.3) is 0 Å². The Hall–Kier alpha value is -2.88. The largest absolute Gasteiger partial charge is 0.481 e. The highest BCUT2D eigenvalue weighted by Crippen LogP contribution is 2.22. The van der Waals surface area contributed by atoms with E-state index in [0.717, 1.165) is 31.2 Å². The van der Waals surface area contributed by atoms with E-state index in [1.165, 1.54) is 0 Å². The van der Waals surface area contributed by atoms with Crippen molar-refractivity contribution in [3.8, 4) is 11.8 Å². The van der Waals surface area contributed by atoms with Crippen LogP contribution in [-0.2, 0) is 20.8 Å². The van der Waals surface area contributed by atoms with Gasteiger partial charge in [0.2, 0.25) is 11.8 Å². The molecule has 2 heterocycles. The summed E-state index contributed by atoms with van der Waals surface area (Å²) in [6.07, 6.45) is 6.40. The number of hydrogen-bond acceptors (Lipinski definition) is 4. The van der Waals surface area contributed by atoms with Gasteiger partial charge < -0.3 is 15.3 Å². The van der Waals surface area contributed by atoms with Gasteiger partial charge >= 0.3 is 5.97 Å². The van der Waals surface area contributed by atoms with Crippen molar-refractivity contribution in [2.75, 3.05) is 13.1 Å². The van der Waals surface area contributed by atoms with Crippen LogP contribution in [0.25, 0.3) is 0 Å². The summed E-state index contributed by atoms with van der Waals surface area (Å²) in [6.45, 7) is 6.21. The molecule has 1 fully saturated rings. The summed E-state index contributed by atoms with van der Waals surface area (Å²) >= 11 is 0. The monoisotopic (exact) mass is 413 g/mol. The minimum atomic E-state index is -1.03. The van der Waals surface area contributed by atoms with Crippen LogP contribution in [0.2, 0.25) is 0 Å². The van der Waals surface area contributed by atoms with Crippen molar-refractivity contribution in [3.05, 3.63) is 30.1 Å². The van der Waals surface area contributed by atoms with Crippen LogP contribution in [0, 0.1) is 23.2 Å². The van der Waals surface area contributed by atoms with Gasteiger partial charge in [-0.1, -0.05) is 11.8 Å². The second kappa shape index (κ2) is 10.8. The predicted octanol–water partition coefficient (Wildman–Crippen LogP) is 2.26. The van der Waals surface area contributed by atoms with Gasteiger partial charge in [0.1, 0.15) is 6.04 Å². The molecule has 30 heavy (non-hydrogen) atoms. The molecule has 0 bridgehead atoms. The van der Waals surface area contributed by atoms with Gasteiger partial charge in [0.05, 0.1) is 13.0 Å². The molecule has 0 radical (unpaired) electrons. The number of aromatic nitrogens is 1. The fourth-order valence-corrected chi connectivity index (χ4v) is 3.37. The number of carboxylic acid groups (broad SMARTS) is 1. The lowest BCUT2D eigenvalue weighted by molar-refractivity contribution is -0.142. The summed E-state index contributed by atoms with van der Waals surface area (Å²) in [7, 11) is 0. The second-order valence-corrected chi connectivity index (χ2v) is 8.73. The number of hydrogen-bond donors (Lipinski definition) is 2. The minimum Gasteiger partial charge on any atom is -0.481 e. The zero-order chi connectivity index (χ0) is 22.1. The van der Waals surface area contributed by atoms with E-state index in [0.29, 0.717) is 6.54 Å². The number of aliphatic carboxylic acids is 1. The number of carbonyl (C=O) groups excluding carboxylic acids is 2. The van der Waals surface area contributed by atoms with Gasteiger partial charge in [-0.15, -0.1) is 0 Å². The Bertz CT molecular complexity index is 805. The summed E-state index contributed by atoms with van der Waals surface area (Å²) in [5.41, 5.74) is 0.841. The van der Waals surface area contributed by atoms with Gasteiger partial charge in [0.15, 0.2) is 0 Å². The van der Waals surface area contributed by atoms with Crippen LogP contribution in [0.5, 0.6) is 0 Å². The van der Waals surface area contributed by atoms with E-state index in [4.69, 9.17) is 5.11 Å². The first kappa shape index (κ1) is 23.4. The highest BCUT2D eigenvalue weighted by molar-refractivity contribution is 5.87. The van der Waals surface area contributed by atoms with E-state index in [9.17, 15) is 14.4 Å². The highest BCUT2D eigenvalue weighted by atomic mass is 16.4. The van der Waals surface area contributed by atoms with Crippen molar-refractivity contribution in [1.29, 1.82) is 0 Å². The van der Waals surface area contributed by atoms with Crippen LogP contribution in [0.4, 0.5) is 0 Å². The van der Waals surface area contributed by atoms with E-state index < -0.39 is 12.0 Å². The lowest BCUT2D eigenvalue weighted by Gasteiger charge is -2.32. The van der Waals surface area contributed by atoms with E-state index in [-0.39, 0.29) is 36.1 Å². The molecule has 1 unspecified atom stereocenters. The predicted molar refractivity (Wildman–Crippen MR) is 113 cm³/mol. The number of nitrogens with zero attached hydrogens (tertiary/aromatic N) is 2. The summed E-state index contributed by atoms with van der Waals surface area (Å²) < 4.78 is 0. The SMILES string of the molecule is CC(C)(C)C#C[C@H](CC(=O)O)NC(=O)CN1CCCC(CCc2ccncc2)C1=O. The minimum absolute atomic E-state index is 0.0129. The van der Waals surface area contributed by atoms with E-state index in [1.54, 1.807) is 17.3 Å². The highest BCUT2D eigenvalue weighted by Gasteiger charge is 2.30. The average Bonchev–Trinajstić information content (AvgIpc) is 2.66. The standard InChI is InChI=1S/C23H31N3O4/c1-23(2,3)11-8-19(15-21(28)29)25-20(27)16-26-14-4-5-18(22(26)30)7-6-17-9-12-24-13-10-17/h9-10,12-13,18-19H,4-7,14-16H2,1-3H3,(H,25,27)(H,28,29)/t18?,19-/m1/s1. The van der Waals surface area contributed by atoms with Crippen molar-refractivity contribution < 1.29 is 19.5 Å².